The highest BCUT2D eigenvalue weighted by Gasteiger charge is 2.29. The van der Waals surface area contributed by atoms with E-state index >= 15 is 0 Å². The molecule has 2 aromatic rings. The largest absolute Gasteiger partial charge is 0.352 e. The van der Waals surface area contributed by atoms with Crippen LogP contribution in [0.15, 0.2) is 42.6 Å². The van der Waals surface area contributed by atoms with E-state index in [4.69, 9.17) is 0 Å². The average Bonchev–Trinajstić information content (AvgIpc) is 3.29. The Morgan fingerprint density at radius 1 is 1.10 bits per heavy atom. The van der Waals surface area contributed by atoms with E-state index in [1.807, 2.05) is 52.2 Å². The lowest BCUT2D eigenvalue weighted by Crippen LogP contribution is -2.43. The Hall–Kier alpha value is -2.38. The van der Waals surface area contributed by atoms with E-state index in [1.165, 1.54) is 0 Å². The summed E-state index contributed by atoms with van der Waals surface area (Å²) in [7, 11) is 0. The van der Waals surface area contributed by atoms with Crippen molar-refractivity contribution in [1.29, 1.82) is 0 Å². The maximum absolute atomic E-state index is 12.8. The highest BCUT2D eigenvalue weighted by Crippen LogP contribution is 2.20. The molecule has 0 radical (unpaired) electrons. The molecule has 2 aliphatic rings. The Kier molecular flexibility index (Phi) is 7.87. The van der Waals surface area contributed by atoms with Crippen molar-refractivity contribution in [1.82, 2.24) is 25.3 Å². The van der Waals surface area contributed by atoms with Gasteiger partial charge in [0.05, 0.1) is 6.04 Å². The molecule has 162 valence electrons. The maximum atomic E-state index is 12.8. The number of likely N-dealkylation sites (tertiary alicyclic amines) is 1. The van der Waals surface area contributed by atoms with Gasteiger partial charge in [-0.3, -0.25) is 14.3 Å². The van der Waals surface area contributed by atoms with Gasteiger partial charge in [0.2, 0.25) is 5.91 Å². The third-order valence-corrected chi connectivity index (χ3v) is 5.93. The minimum absolute atomic E-state index is 0. The second-order valence-corrected chi connectivity index (χ2v) is 7.95. The summed E-state index contributed by atoms with van der Waals surface area (Å²) in [6, 6.07) is 12.1. The Bertz CT molecular complexity index is 827. The van der Waals surface area contributed by atoms with E-state index in [1.54, 1.807) is 0 Å². The number of nitrogens with one attached hydrogen (secondary N) is 2. The number of piperidine rings is 2. The topological polar surface area (TPSA) is 79.3 Å². The summed E-state index contributed by atoms with van der Waals surface area (Å²) in [6.45, 7) is 3.70. The van der Waals surface area contributed by atoms with Crippen molar-refractivity contribution in [2.75, 3.05) is 26.2 Å². The number of nitrogens with zero attached hydrogens (tertiary/aromatic N) is 3. The van der Waals surface area contributed by atoms with Gasteiger partial charge in [-0.15, -0.1) is 12.4 Å². The van der Waals surface area contributed by atoms with Gasteiger partial charge in [0, 0.05) is 38.3 Å². The molecule has 2 N–H and O–H groups in total. The van der Waals surface area contributed by atoms with Crippen LogP contribution < -0.4 is 10.6 Å². The molecule has 0 spiro atoms. The summed E-state index contributed by atoms with van der Waals surface area (Å²) in [6.07, 6.45) is 5.52. The van der Waals surface area contributed by atoms with Gasteiger partial charge in [-0.1, -0.05) is 30.3 Å². The summed E-state index contributed by atoms with van der Waals surface area (Å²) in [5.74, 6) is 0.0133. The molecule has 1 atom stereocenters. The number of amides is 2. The van der Waals surface area contributed by atoms with Crippen molar-refractivity contribution in [2.24, 2.45) is 5.92 Å². The van der Waals surface area contributed by atoms with Gasteiger partial charge in [0.15, 0.2) is 0 Å². The lowest BCUT2D eigenvalue weighted by molar-refractivity contribution is -0.126. The van der Waals surface area contributed by atoms with Gasteiger partial charge in [0.25, 0.3) is 5.91 Å². The molecule has 8 heteroatoms. The van der Waals surface area contributed by atoms with Crippen LogP contribution in [-0.2, 0) is 11.3 Å². The number of aromatic nitrogens is 2. The van der Waals surface area contributed by atoms with E-state index in [0.29, 0.717) is 44.2 Å². The van der Waals surface area contributed by atoms with E-state index in [0.717, 1.165) is 31.5 Å². The van der Waals surface area contributed by atoms with E-state index < -0.39 is 0 Å². The lowest BCUT2D eigenvalue weighted by atomic mass is 9.95. The number of carbonyl (C=O) groups is 2. The van der Waals surface area contributed by atoms with Crippen molar-refractivity contribution >= 4 is 24.2 Å². The number of hydrogen-bond donors (Lipinski definition) is 2. The first-order chi connectivity index (χ1) is 14.2. The lowest BCUT2D eigenvalue weighted by Gasteiger charge is -2.31. The third kappa shape index (κ3) is 5.40. The predicted octanol–water partition coefficient (Wildman–Crippen LogP) is 2.40. The summed E-state index contributed by atoms with van der Waals surface area (Å²) in [5, 5.41) is 10.9. The minimum Gasteiger partial charge on any atom is -0.352 e. The first-order valence-corrected chi connectivity index (χ1v) is 10.6. The van der Waals surface area contributed by atoms with Crippen LogP contribution in [0.3, 0.4) is 0 Å². The third-order valence-electron chi connectivity index (χ3n) is 5.93. The molecule has 30 heavy (non-hydrogen) atoms. The van der Waals surface area contributed by atoms with Crippen LogP contribution in [0.5, 0.6) is 0 Å². The van der Waals surface area contributed by atoms with E-state index in [2.05, 4.69) is 15.7 Å². The van der Waals surface area contributed by atoms with Gasteiger partial charge in [0.1, 0.15) is 5.69 Å². The highest BCUT2D eigenvalue weighted by atomic mass is 35.5. The van der Waals surface area contributed by atoms with Crippen LogP contribution >= 0.6 is 12.4 Å². The number of rotatable bonds is 5. The maximum Gasteiger partial charge on any atom is 0.274 e. The standard InChI is InChI=1S/C22H29N5O2.ClH/c28-21(24-15-17-5-2-1-3-6-17)18-8-12-26(13-9-18)22(29)20-10-14-27(25-20)19-7-4-11-23-16-19;/h1-3,5-6,10,14,18-19,23H,4,7-9,11-13,15-16H2,(H,24,28);1H. The fraction of sp³-hybridized carbons (Fsp3) is 0.500. The second kappa shape index (κ2) is 10.6. The SMILES string of the molecule is Cl.O=C(NCc1ccccc1)C1CCN(C(=O)c2ccn(C3CCCNC3)n2)CC1. The molecule has 3 heterocycles. The van der Waals surface area contributed by atoms with Gasteiger partial charge in [-0.05, 0) is 43.9 Å². The molecular weight excluding hydrogens is 402 g/mol. The van der Waals surface area contributed by atoms with Gasteiger partial charge in [-0.25, -0.2) is 0 Å². The highest BCUT2D eigenvalue weighted by molar-refractivity contribution is 5.92. The van der Waals surface area contributed by atoms with Crippen molar-refractivity contribution in [3.05, 3.63) is 53.9 Å². The first-order valence-electron chi connectivity index (χ1n) is 10.6. The molecule has 1 aromatic carbocycles. The Balaban J connectivity index is 0.00000256. The van der Waals surface area contributed by atoms with Crippen LogP contribution in [0.25, 0.3) is 0 Å². The molecule has 1 aromatic heterocycles. The summed E-state index contributed by atoms with van der Waals surface area (Å²) in [5.41, 5.74) is 1.60. The van der Waals surface area contributed by atoms with Crippen molar-refractivity contribution in [3.63, 3.8) is 0 Å². The molecule has 2 saturated heterocycles. The van der Waals surface area contributed by atoms with Crippen LogP contribution in [-0.4, -0.2) is 52.7 Å². The smallest absolute Gasteiger partial charge is 0.274 e. The molecule has 0 saturated carbocycles. The predicted molar refractivity (Wildman–Crippen MR) is 118 cm³/mol. The van der Waals surface area contributed by atoms with E-state index in [9.17, 15) is 9.59 Å². The molecule has 7 nitrogen and oxygen atoms in total. The Labute approximate surface area is 183 Å². The van der Waals surface area contributed by atoms with Gasteiger partial charge < -0.3 is 15.5 Å². The van der Waals surface area contributed by atoms with Crippen molar-refractivity contribution in [3.8, 4) is 0 Å². The number of carbonyl (C=O) groups excluding carboxylic acids is 2. The van der Waals surface area contributed by atoms with Crippen LogP contribution in [0.1, 0.15) is 47.8 Å². The molecule has 0 bridgehead atoms. The number of hydrogen-bond acceptors (Lipinski definition) is 4. The summed E-state index contributed by atoms with van der Waals surface area (Å²) < 4.78 is 1.92. The van der Waals surface area contributed by atoms with E-state index in [-0.39, 0.29) is 30.1 Å². The number of benzene rings is 1. The fourth-order valence-electron chi connectivity index (χ4n) is 4.15. The van der Waals surface area contributed by atoms with Crippen molar-refractivity contribution in [2.45, 2.75) is 38.3 Å². The summed E-state index contributed by atoms with van der Waals surface area (Å²) >= 11 is 0. The van der Waals surface area contributed by atoms with Crippen molar-refractivity contribution < 1.29 is 9.59 Å². The molecule has 0 aliphatic carbocycles. The molecule has 2 aliphatic heterocycles. The molecular formula is C22H30ClN5O2. The minimum atomic E-state index is -0.0337. The fourth-order valence-corrected chi connectivity index (χ4v) is 4.15. The van der Waals surface area contributed by atoms with Crippen LogP contribution in [0.2, 0.25) is 0 Å². The zero-order valence-electron chi connectivity index (χ0n) is 17.1. The quantitative estimate of drug-likeness (QED) is 0.761. The Morgan fingerprint density at radius 2 is 1.87 bits per heavy atom. The van der Waals surface area contributed by atoms with Crippen LogP contribution in [0, 0.1) is 5.92 Å². The normalized spacial score (nSPS) is 19.7. The van der Waals surface area contributed by atoms with Gasteiger partial charge >= 0.3 is 0 Å². The monoisotopic (exact) mass is 431 g/mol. The number of halogens is 1. The Morgan fingerprint density at radius 3 is 2.57 bits per heavy atom. The molecule has 2 amide bonds. The second-order valence-electron chi connectivity index (χ2n) is 7.95. The zero-order chi connectivity index (χ0) is 20.1. The summed E-state index contributed by atoms with van der Waals surface area (Å²) in [4.78, 5) is 27.1. The molecule has 1 unspecified atom stereocenters. The first kappa shape index (κ1) is 22.3. The molecule has 4 rings (SSSR count). The zero-order valence-corrected chi connectivity index (χ0v) is 17.9. The molecule has 2 fully saturated rings. The average molecular weight is 432 g/mol. The van der Waals surface area contributed by atoms with Gasteiger partial charge in [-0.2, -0.15) is 5.10 Å². The van der Waals surface area contributed by atoms with Crippen LogP contribution in [0.4, 0.5) is 0 Å².